The van der Waals surface area contributed by atoms with Crippen LogP contribution in [-0.4, -0.2) is 33.7 Å². The van der Waals surface area contributed by atoms with Crippen LogP contribution >= 0.6 is 0 Å². The van der Waals surface area contributed by atoms with Crippen molar-refractivity contribution in [2.45, 2.75) is 25.3 Å². The summed E-state index contributed by atoms with van der Waals surface area (Å²) < 4.78 is 1.89. The van der Waals surface area contributed by atoms with Gasteiger partial charge >= 0.3 is 0 Å². The van der Waals surface area contributed by atoms with Crippen LogP contribution in [0.3, 0.4) is 0 Å². The molecule has 1 saturated heterocycles. The SMILES string of the molecule is N#CCC(=O)N1CCCC(n2cccn2)C1. The highest BCUT2D eigenvalue weighted by Crippen LogP contribution is 2.20. The molecule has 16 heavy (non-hydrogen) atoms. The molecule has 84 valence electrons. The smallest absolute Gasteiger partial charge is 0.236 e. The van der Waals surface area contributed by atoms with E-state index in [1.165, 1.54) is 0 Å². The summed E-state index contributed by atoms with van der Waals surface area (Å²) in [5.74, 6) is -0.0700. The summed E-state index contributed by atoms with van der Waals surface area (Å²) in [6.07, 6.45) is 5.66. The van der Waals surface area contributed by atoms with Gasteiger partial charge in [0.05, 0.1) is 12.1 Å². The molecular formula is C11H14N4O. The molecule has 5 nitrogen and oxygen atoms in total. The van der Waals surface area contributed by atoms with Crippen molar-refractivity contribution in [2.24, 2.45) is 0 Å². The highest BCUT2D eigenvalue weighted by molar-refractivity contribution is 5.78. The van der Waals surface area contributed by atoms with E-state index in [4.69, 9.17) is 5.26 Å². The van der Waals surface area contributed by atoms with E-state index in [0.717, 1.165) is 19.4 Å². The highest BCUT2D eigenvalue weighted by Gasteiger charge is 2.24. The third-order valence-corrected chi connectivity index (χ3v) is 2.88. The van der Waals surface area contributed by atoms with Gasteiger partial charge in [0.1, 0.15) is 6.42 Å². The van der Waals surface area contributed by atoms with Crippen LogP contribution in [0.1, 0.15) is 25.3 Å². The van der Waals surface area contributed by atoms with Crippen LogP contribution in [0.5, 0.6) is 0 Å². The Kier molecular flexibility index (Phi) is 3.20. The molecule has 2 heterocycles. The number of nitriles is 1. The second-order valence-electron chi connectivity index (χ2n) is 3.96. The van der Waals surface area contributed by atoms with Gasteiger partial charge in [-0.3, -0.25) is 9.48 Å². The van der Waals surface area contributed by atoms with Crippen LogP contribution in [0.2, 0.25) is 0 Å². The lowest BCUT2D eigenvalue weighted by Gasteiger charge is -2.32. The maximum absolute atomic E-state index is 11.6. The Hall–Kier alpha value is -1.83. The fourth-order valence-corrected chi connectivity index (χ4v) is 2.07. The normalized spacial score (nSPS) is 20.4. The van der Waals surface area contributed by atoms with Crippen LogP contribution in [0.4, 0.5) is 0 Å². The molecule has 0 aromatic carbocycles. The van der Waals surface area contributed by atoms with E-state index < -0.39 is 0 Å². The Morgan fingerprint density at radius 3 is 3.19 bits per heavy atom. The average Bonchev–Trinajstić information content (AvgIpc) is 2.83. The van der Waals surface area contributed by atoms with Crippen molar-refractivity contribution in [2.75, 3.05) is 13.1 Å². The van der Waals surface area contributed by atoms with E-state index in [2.05, 4.69) is 5.10 Å². The largest absolute Gasteiger partial charge is 0.340 e. The molecule has 1 aliphatic rings. The zero-order chi connectivity index (χ0) is 11.4. The molecule has 0 spiro atoms. The van der Waals surface area contributed by atoms with Gasteiger partial charge in [0, 0.05) is 25.5 Å². The van der Waals surface area contributed by atoms with E-state index in [-0.39, 0.29) is 18.4 Å². The second-order valence-corrected chi connectivity index (χ2v) is 3.96. The first-order valence-corrected chi connectivity index (χ1v) is 5.45. The average molecular weight is 218 g/mol. The lowest BCUT2D eigenvalue weighted by Crippen LogP contribution is -2.40. The molecule has 0 radical (unpaired) electrons. The van der Waals surface area contributed by atoms with E-state index in [0.29, 0.717) is 6.54 Å². The molecule has 0 saturated carbocycles. The summed E-state index contributed by atoms with van der Waals surface area (Å²) in [6.45, 7) is 1.43. The zero-order valence-electron chi connectivity index (χ0n) is 9.04. The van der Waals surface area contributed by atoms with Gasteiger partial charge in [0.2, 0.25) is 5.91 Å². The van der Waals surface area contributed by atoms with E-state index in [1.807, 2.05) is 23.0 Å². The maximum atomic E-state index is 11.6. The topological polar surface area (TPSA) is 61.9 Å². The number of carbonyl (C=O) groups is 1. The quantitative estimate of drug-likeness (QED) is 0.742. The summed E-state index contributed by atoms with van der Waals surface area (Å²) in [6, 6.07) is 4.04. The summed E-state index contributed by atoms with van der Waals surface area (Å²) in [4.78, 5) is 13.3. The predicted octanol–water partition coefficient (Wildman–Crippen LogP) is 0.960. The Balaban J connectivity index is 2.00. The van der Waals surface area contributed by atoms with Crippen molar-refractivity contribution < 1.29 is 4.79 Å². The minimum absolute atomic E-state index is 0.0220. The number of rotatable bonds is 2. The molecule has 1 atom stereocenters. The highest BCUT2D eigenvalue weighted by atomic mass is 16.2. The van der Waals surface area contributed by atoms with Crippen LogP contribution < -0.4 is 0 Å². The summed E-state index contributed by atoms with van der Waals surface area (Å²) in [7, 11) is 0. The van der Waals surface area contributed by atoms with Crippen LogP contribution in [-0.2, 0) is 4.79 Å². The molecule has 0 bridgehead atoms. The predicted molar refractivity (Wildman–Crippen MR) is 57.3 cm³/mol. The standard InChI is InChI=1S/C11H14N4O/c12-5-4-11(16)14-7-1-3-10(9-14)15-8-2-6-13-15/h2,6,8,10H,1,3-4,7,9H2. The number of carbonyl (C=O) groups excluding carboxylic acids is 1. The monoisotopic (exact) mass is 218 g/mol. The van der Waals surface area contributed by atoms with Gasteiger partial charge in [-0.15, -0.1) is 0 Å². The van der Waals surface area contributed by atoms with E-state index in [1.54, 1.807) is 11.1 Å². The van der Waals surface area contributed by atoms with Crippen molar-refractivity contribution in [3.63, 3.8) is 0 Å². The minimum Gasteiger partial charge on any atom is -0.340 e. The fraction of sp³-hybridized carbons (Fsp3) is 0.545. The minimum atomic E-state index is -0.0700. The van der Waals surface area contributed by atoms with Gasteiger partial charge in [-0.25, -0.2) is 0 Å². The van der Waals surface area contributed by atoms with E-state index >= 15 is 0 Å². The fourth-order valence-electron chi connectivity index (χ4n) is 2.07. The maximum Gasteiger partial charge on any atom is 0.236 e. The molecule has 1 aromatic rings. The van der Waals surface area contributed by atoms with Crippen LogP contribution in [0, 0.1) is 11.3 Å². The van der Waals surface area contributed by atoms with Crippen molar-refractivity contribution in [3.05, 3.63) is 18.5 Å². The lowest BCUT2D eigenvalue weighted by atomic mass is 10.1. The number of likely N-dealkylation sites (tertiary alicyclic amines) is 1. The zero-order valence-corrected chi connectivity index (χ0v) is 9.04. The molecule has 1 aromatic heterocycles. The molecular weight excluding hydrogens is 204 g/mol. The molecule has 5 heteroatoms. The Morgan fingerprint density at radius 1 is 1.62 bits per heavy atom. The lowest BCUT2D eigenvalue weighted by molar-refractivity contribution is -0.131. The number of nitrogens with zero attached hydrogens (tertiary/aromatic N) is 4. The Morgan fingerprint density at radius 2 is 2.50 bits per heavy atom. The first kappa shape index (κ1) is 10.7. The first-order chi connectivity index (χ1) is 7.81. The second kappa shape index (κ2) is 4.79. The third kappa shape index (κ3) is 2.22. The molecule has 1 fully saturated rings. The van der Waals surface area contributed by atoms with Gasteiger partial charge in [0.15, 0.2) is 0 Å². The summed E-state index contributed by atoms with van der Waals surface area (Å²) >= 11 is 0. The number of amides is 1. The van der Waals surface area contributed by atoms with Gasteiger partial charge < -0.3 is 4.90 Å². The molecule has 1 amide bonds. The molecule has 0 aliphatic carbocycles. The molecule has 1 unspecified atom stereocenters. The van der Waals surface area contributed by atoms with Gasteiger partial charge in [-0.2, -0.15) is 10.4 Å². The first-order valence-electron chi connectivity index (χ1n) is 5.45. The van der Waals surface area contributed by atoms with Gasteiger partial charge in [-0.1, -0.05) is 0 Å². The molecule has 1 aliphatic heterocycles. The third-order valence-electron chi connectivity index (χ3n) is 2.88. The Bertz CT molecular complexity index is 393. The van der Waals surface area contributed by atoms with Crippen LogP contribution in [0.15, 0.2) is 18.5 Å². The van der Waals surface area contributed by atoms with Gasteiger partial charge in [-0.05, 0) is 18.9 Å². The number of aromatic nitrogens is 2. The number of piperidine rings is 1. The molecule has 0 N–H and O–H groups in total. The summed E-state index contributed by atoms with van der Waals surface area (Å²) in [5, 5.41) is 12.7. The Labute approximate surface area is 94.3 Å². The number of hydrogen-bond acceptors (Lipinski definition) is 3. The number of hydrogen-bond donors (Lipinski definition) is 0. The van der Waals surface area contributed by atoms with Crippen molar-refractivity contribution in [3.8, 4) is 6.07 Å². The van der Waals surface area contributed by atoms with Crippen molar-refractivity contribution in [1.82, 2.24) is 14.7 Å². The van der Waals surface area contributed by atoms with Crippen molar-refractivity contribution in [1.29, 1.82) is 5.26 Å². The summed E-state index contributed by atoms with van der Waals surface area (Å²) in [5.41, 5.74) is 0. The van der Waals surface area contributed by atoms with Crippen molar-refractivity contribution >= 4 is 5.91 Å². The van der Waals surface area contributed by atoms with E-state index in [9.17, 15) is 4.79 Å². The van der Waals surface area contributed by atoms with Crippen LogP contribution in [0.25, 0.3) is 0 Å². The van der Waals surface area contributed by atoms with Gasteiger partial charge in [0.25, 0.3) is 0 Å². The molecule has 2 rings (SSSR count).